The summed E-state index contributed by atoms with van der Waals surface area (Å²) in [5.74, 6) is 1.24. The van der Waals surface area contributed by atoms with Crippen LogP contribution in [0.25, 0.3) is 10.8 Å². The third-order valence-electron chi connectivity index (χ3n) is 9.73. The maximum Gasteiger partial charge on any atom is 0.103 e. The molecule has 3 fully saturated rings. The second-order valence-corrected chi connectivity index (χ2v) is 11.1. The van der Waals surface area contributed by atoms with E-state index in [2.05, 4.69) is 66.9 Å². The fourth-order valence-electron chi connectivity index (χ4n) is 8.21. The van der Waals surface area contributed by atoms with Gasteiger partial charge >= 0.3 is 0 Å². The molecule has 3 heterocycles. The van der Waals surface area contributed by atoms with Crippen LogP contribution in [0, 0.1) is 11.3 Å². The third kappa shape index (κ3) is 2.41. The SMILES string of the molecule is C[C@]12CC=C3C=C4CCCNC[C@]45CC[C@]3(O5)[C@@H]1CC[C@@H]2c1ccc2ccccc2c1. The maximum atomic E-state index is 7.29. The first-order valence-corrected chi connectivity index (χ1v) is 12.4. The minimum Gasteiger partial charge on any atom is -0.358 e. The summed E-state index contributed by atoms with van der Waals surface area (Å²) in [6.07, 6.45) is 13.8. The van der Waals surface area contributed by atoms with Gasteiger partial charge in [0, 0.05) is 6.54 Å². The molecule has 0 unspecified atom stereocenters. The molecule has 2 aromatic rings. The maximum absolute atomic E-state index is 7.29. The molecule has 31 heavy (non-hydrogen) atoms. The molecular formula is C29H33NO. The van der Waals surface area contributed by atoms with E-state index in [1.165, 1.54) is 66.9 Å². The van der Waals surface area contributed by atoms with E-state index in [-0.39, 0.29) is 16.6 Å². The highest BCUT2D eigenvalue weighted by Gasteiger charge is 2.65. The smallest absolute Gasteiger partial charge is 0.103 e. The van der Waals surface area contributed by atoms with E-state index in [1.807, 2.05) is 0 Å². The second-order valence-electron chi connectivity index (χ2n) is 11.1. The molecule has 2 bridgehead atoms. The quantitative estimate of drug-likeness (QED) is 0.596. The Labute approximate surface area is 185 Å². The topological polar surface area (TPSA) is 21.3 Å². The zero-order valence-electron chi connectivity index (χ0n) is 18.6. The van der Waals surface area contributed by atoms with Gasteiger partial charge in [-0.25, -0.2) is 0 Å². The lowest BCUT2D eigenvalue weighted by atomic mass is 9.58. The van der Waals surface area contributed by atoms with Crippen LogP contribution < -0.4 is 5.32 Å². The monoisotopic (exact) mass is 411 g/mol. The molecule has 2 nitrogen and oxygen atoms in total. The lowest BCUT2D eigenvalue weighted by molar-refractivity contribution is -0.124. The number of allylic oxidation sites excluding steroid dienone is 1. The molecule has 2 saturated heterocycles. The van der Waals surface area contributed by atoms with Crippen molar-refractivity contribution in [3.05, 3.63) is 71.3 Å². The Morgan fingerprint density at radius 1 is 1.03 bits per heavy atom. The number of rotatable bonds is 1. The van der Waals surface area contributed by atoms with Crippen LogP contribution in [0.2, 0.25) is 0 Å². The number of benzene rings is 2. The highest BCUT2D eigenvalue weighted by Crippen LogP contribution is 2.68. The number of nitrogens with one attached hydrogen (secondary N) is 1. The van der Waals surface area contributed by atoms with E-state index in [0.29, 0.717) is 11.8 Å². The van der Waals surface area contributed by atoms with Gasteiger partial charge in [0.05, 0.1) is 5.60 Å². The van der Waals surface area contributed by atoms with Crippen LogP contribution in [0.15, 0.2) is 65.8 Å². The number of hydrogen-bond acceptors (Lipinski definition) is 2. The molecule has 0 amide bonds. The Bertz CT molecular complexity index is 1130. The number of fused-ring (bicyclic) bond motifs is 2. The van der Waals surface area contributed by atoms with Crippen molar-refractivity contribution in [2.24, 2.45) is 11.3 Å². The molecule has 1 saturated carbocycles. The first-order valence-electron chi connectivity index (χ1n) is 12.4. The first kappa shape index (κ1) is 18.7. The second kappa shape index (κ2) is 6.33. The summed E-state index contributed by atoms with van der Waals surface area (Å²) in [6, 6.07) is 16.0. The van der Waals surface area contributed by atoms with Crippen molar-refractivity contribution < 1.29 is 4.74 Å². The lowest BCUT2D eigenvalue weighted by Crippen LogP contribution is -2.54. The largest absolute Gasteiger partial charge is 0.358 e. The van der Waals surface area contributed by atoms with Gasteiger partial charge in [-0.2, -0.15) is 0 Å². The van der Waals surface area contributed by atoms with Crippen molar-refractivity contribution in [1.29, 1.82) is 0 Å². The van der Waals surface area contributed by atoms with E-state index in [4.69, 9.17) is 4.74 Å². The molecule has 5 atom stereocenters. The summed E-state index contributed by atoms with van der Waals surface area (Å²) in [5.41, 5.74) is 4.83. The van der Waals surface area contributed by atoms with E-state index in [0.717, 1.165) is 13.1 Å². The summed E-state index contributed by atoms with van der Waals surface area (Å²) in [6.45, 7) is 4.70. The van der Waals surface area contributed by atoms with Crippen molar-refractivity contribution in [2.45, 2.75) is 69.0 Å². The van der Waals surface area contributed by atoms with Crippen molar-refractivity contribution in [2.75, 3.05) is 13.1 Å². The van der Waals surface area contributed by atoms with Crippen LogP contribution in [-0.2, 0) is 4.74 Å². The number of ether oxygens (including phenoxy) is 1. The first-order chi connectivity index (χ1) is 15.1. The third-order valence-corrected chi connectivity index (χ3v) is 9.73. The molecule has 1 N–H and O–H groups in total. The molecule has 160 valence electrons. The fraction of sp³-hybridized carbons (Fsp3) is 0.517. The zero-order chi connectivity index (χ0) is 20.7. The molecule has 2 spiro atoms. The highest BCUT2D eigenvalue weighted by atomic mass is 16.5. The summed E-state index contributed by atoms with van der Waals surface area (Å²) in [4.78, 5) is 0. The number of hydrogen-bond donors (Lipinski definition) is 1. The van der Waals surface area contributed by atoms with Gasteiger partial charge < -0.3 is 10.1 Å². The molecule has 2 aromatic carbocycles. The van der Waals surface area contributed by atoms with Gasteiger partial charge in [-0.1, -0.05) is 61.5 Å². The molecule has 2 heteroatoms. The van der Waals surface area contributed by atoms with Crippen molar-refractivity contribution in [3.63, 3.8) is 0 Å². The Hall–Kier alpha value is -1.90. The molecule has 5 aliphatic rings. The molecule has 0 radical (unpaired) electrons. The van der Waals surface area contributed by atoms with Crippen LogP contribution in [0.5, 0.6) is 0 Å². The van der Waals surface area contributed by atoms with Gasteiger partial charge in [0.1, 0.15) is 5.60 Å². The fourth-order valence-corrected chi connectivity index (χ4v) is 8.21. The molecule has 7 rings (SSSR count). The average Bonchev–Trinajstić information content (AvgIpc) is 3.23. The van der Waals surface area contributed by atoms with Crippen LogP contribution >= 0.6 is 0 Å². The average molecular weight is 412 g/mol. The molecular weight excluding hydrogens is 378 g/mol. The van der Waals surface area contributed by atoms with Gasteiger partial charge in [-0.15, -0.1) is 0 Å². The Kier molecular flexibility index (Phi) is 3.81. The van der Waals surface area contributed by atoms with Gasteiger partial charge in [0.2, 0.25) is 0 Å². The molecule has 2 aliphatic carbocycles. The van der Waals surface area contributed by atoms with Gasteiger partial charge in [0.25, 0.3) is 0 Å². The van der Waals surface area contributed by atoms with E-state index >= 15 is 0 Å². The van der Waals surface area contributed by atoms with Crippen molar-refractivity contribution in [1.82, 2.24) is 5.32 Å². The van der Waals surface area contributed by atoms with E-state index < -0.39 is 0 Å². The van der Waals surface area contributed by atoms with E-state index in [1.54, 1.807) is 5.57 Å². The van der Waals surface area contributed by atoms with Gasteiger partial charge in [-0.3, -0.25) is 0 Å². The van der Waals surface area contributed by atoms with E-state index in [9.17, 15) is 0 Å². The Morgan fingerprint density at radius 2 is 1.94 bits per heavy atom. The normalized spacial score (nSPS) is 41.1. The Morgan fingerprint density at radius 3 is 2.87 bits per heavy atom. The van der Waals surface area contributed by atoms with Gasteiger partial charge in [-0.05, 0) is 96.2 Å². The lowest BCUT2D eigenvalue weighted by Gasteiger charge is -2.53. The van der Waals surface area contributed by atoms with Crippen LogP contribution in [0.3, 0.4) is 0 Å². The molecule has 0 aromatic heterocycles. The molecule has 3 aliphatic heterocycles. The predicted octanol–water partition coefficient (Wildman–Crippen LogP) is 6.28. The summed E-state index contributed by atoms with van der Waals surface area (Å²) >= 11 is 0. The van der Waals surface area contributed by atoms with Crippen LogP contribution in [0.1, 0.15) is 63.4 Å². The van der Waals surface area contributed by atoms with Crippen LogP contribution in [0.4, 0.5) is 0 Å². The van der Waals surface area contributed by atoms with Crippen molar-refractivity contribution >= 4 is 10.8 Å². The Balaban J connectivity index is 1.31. The minimum absolute atomic E-state index is 0.0346. The summed E-state index contributed by atoms with van der Waals surface area (Å²) < 4.78 is 7.29. The predicted molar refractivity (Wildman–Crippen MR) is 126 cm³/mol. The van der Waals surface area contributed by atoms with Gasteiger partial charge in [0.15, 0.2) is 0 Å². The van der Waals surface area contributed by atoms with Crippen molar-refractivity contribution in [3.8, 4) is 0 Å². The van der Waals surface area contributed by atoms with Crippen LogP contribution in [-0.4, -0.2) is 24.3 Å². The summed E-state index contributed by atoms with van der Waals surface area (Å²) in [7, 11) is 0. The standard InChI is InChI=1S/C29H33NO/c1-27-13-12-24-18-23-7-4-16-30-19-28(23)14-15-29(24,31-28)26(27)11-10-25(27)22-9-8-20-5-2-3-6-21(20)17-22/h2-3,5-6,8-9,12,17-18,25-26,30H,4,7,10-11,13-16,19H2,1H3/t25-,26-,27-,28-,29-/m1/s1. The highest BCUT2D eigenvalue weighted by molar-refractivity contribution is 5.83. The summed E-state index contributed by atoms with van der Waals surface area (Å²) in [5, 5.41) is 6.42. The zero-order valence-corrected chi connectivity index (χ0v) is 18.6. The minimum atomic E-state index is -0.0475.